The Hall–Kier alpha value is -4.01. The Labute approximate surface area is 172 Å². The number of nitrogens with one attached hydrogen (secondary N) is 1. The van der Waals surface area contributed by atoms with Crippen molar-refractivity contribution in [3.63, 3.8) is 0 Å². The molecule has 3 heterocycles. The smallest absolute Gasteiger partial charge is 0.321 e. The van der Waals surface area contributed by atoms with Gasteiger partial charge in [-0.1, -0.05) is 28.9 Å². The molecule has 0 aliphatic heterocycles. The molecule has 0 fully saturated rings. The van der Waals surface area contributed by atoms with Crippen molar-refractivity contribution in [3.05, 3.63) is 76.2 Å². The molecule has 0 radical (unpaired) electrons. The van der Waals surface area contributed by atoms with E-state index < -0.39 is 11.7 Å². The predicted octanol–water partition coefficient (Wildman–Crippen LogP) is 2.65. The van der Waals surface area contributed by atoms with Crippen molar-refractivity contribution in [1.82, 2.24) is 24.5 Å². The number of aromatic nitrogens is 5. The van der Waals surface area contributed by atoms with Crippen molar-refractivity contribution in [3.8, 4) is 17.2 Å². The molecule has 0 saturated carbocycles. The fourth-order valence-corrected chi connectivity index (χ4v) is 3.17. The van der Waals surface area contributed by atoms with Crippen LogP contribution in [-0.2, 0) is 11.3 Å². The molecule has 30 heavy (non-hydrogen) atoms. The van der Waals surface area contributed by atoms with Crippen molar-refractivity contribution in [2.45, 2.75) is 27.3 Å². The van der Waals surface area contributed by atoms with Gasteiger partial charge < -0.3 is 5.32 Å². The average Bonchev–Trinajstić information content (AvgIpc) is 3.24. The topological polar surface area (TPSA) is 108 Å². The summed E-state index contributed by atoms with van der Waals surface area (Å²) in [6, 6.07) is 13.1. The van der Waals surface area contributed by atoms with Gasteiger partial charge in [0.25, 0.3) is 0 Å². The maximum atomic E-state index is 12.7. The van der Waals surface area contributed by atoms with Crippen LogP contribution in [-0.4, -0.2) is 30.4 Å². The number of benzene rings is 1. The molecule has 0 unspecified atom stereocenters. The summed E-state index contributed by atoms with van der Waals surface area (Å²) in [5.41, 5.74) is 4.54. The summed E-state index contributed by atoms with van der Waals surface area (Å²) in [5, 5.41) is 11.1. The van der Waals surface area contributed by atoms with Crippen molar-refractivity contribution in [2.75, 3.05) is 5.32 Å². The Morgan fingerprint density at radius 3 is 2.57 bits per heavy atom. The van der Waals surface area contributed by atoms with Crippen LogP contribution in [0.1, 0.15) is 17.0 Å². The van der Waals surface area contributed by atoms with Gasteiger partial charge in [0.05, 0.1) is 22.8 Å². The lowest BCUT2D eigenvalue weighted by molar-refractivity contribution is -0.116. The maximum absolute atomic E-state index is 12.7. The van der Waals surface area contributed by atoms with E-state index in [-0.39, 0.29) is 12.4 Å². The molecular formula is C21H20N6O3. The van der Waals surface area contributed by atoms with Crippen molar-refractivity contribution >= 4 is 11.6 Å². The van der Waals surface area contributed by atoms with E-state index in [0.717, 1.165) is 21.5 Å². The molecule has 0 aliphatic rings. The van der Waals surface area contributed by atoms with Crippen molar-refractivity contribution < 1.29 is 9.32 Å². The number of carbonyl (C=O) groups is 1. The number of anilines is 1. The van der Waals surface area contributed by atoms with Crippen LogP contribution in [0.25, 0.3) is 17.2 Å². The highest BCUT2D eigenvalue weighted by Crippen LogP contribution is 2.23. The van der Waals surface area contributed by atoms with Crippen LogP contribution >= 0.6 is 0 Å². The van der Waals surface area contributed by atoms with Gasteiger partial charge in [0.2, 0.25) is 11.7 Å². The Morgan fingerprint density at radius 2 is 1.87 bits per heavy atom. The molecule has 9 nitrogen and oxygen atoms in total. The summed E-state index contributed by atoms with van der Waals surface area (Å²) in [5.74, 6) is -0.929. The number of carbonyl (C=O) groups excluding carboxylic acids is 1. The van der Waals surface area contributed by atoms with E-state index in [9.17, 15) is 9.59 Å². The van der Waals surface area contributed by atoms with Gasteiger partial charge in [-0.15, -0.1) is 0 Å². The van der Waals surface area contributed by atoms with Crippen molar-refractivity contribution in [2.24, 2.45) is 0 Å². The van der Waals surface area contributed by atoms with Gasteiger partial charge in [-0.25, -0.2) is 14.0 Å². The first-order chi connectivity index (χ1) is 14.4. The molecule has 1 N–H and O–H groups in total. The van der Waals surface area contributed by atoms with Gasteiger partial charge in [-0.05, 0) is 45.0 Å². The molecular weight excluding hydrogens is 384 g/mol. The average molecular weight is 404 g/mol. The molecule has 152 valence electrons. The molecule has 1 aromatic carbocycles. The molecule has 3 aromatic heterocycles. The minimum atomic E-state index is -0.727. The summed E-state index contributed by atoms with van der Waals surface area (Å²) < 4.78 is 7.66. The SMILES string of the molecule is Cc1ccc(-n2nc(C)c(NC(=O)Cn3c(-c4ccccn4)noc3=O)c2C)cc1. The summed E-state index contributed by atoms with van der Waals surface area (Å²) >= 11 is 0. The number of aryl methyl sites for hydroxylation is 2. The second-order valence-electron chi connectivity index (χ2n) is 6.91. The van der Waals surface area contributed by atoms with E-state index in [1.54, 1.807) is 29.1 Å². The first-order valence-electron chi connectivity index (χ1n) is 9.35. The molecule has 0 saturated heterocycles. The highest BCUT2D eigenvalue weighted by Gasteiger charge is 2.19. The van der Waals surface area contributed by atoms with E-state index in [4.69, 9.17) is 4.52 Å². The monoisotopic (exact) mass is 404 g/mol. The zero-order valence-corrected chi connectivity index (χ0v) is 16.8. The minimum Gasteiger partial charge on any atom is -0.321 e. The van der Waals surface area contributed by atoms with Crippen LogP contribution in [0, 0.1) is 20.8 Å². The van der Waals surface area contributed by atoms with Crippen LogP contribution in [0.15, 0.2) is 58.0 Å². The molecule has 9 heteroatoms. The van der Waals surface area contributed by atoms with E-state index in [2.05, 4.69) is 20.6 Å². The molecule has 0 bridgehead atoms. The van der Waals surface area contributed by atoms with E-state index in [1.807, 2.05) is 45.0 Å². The molecule has 4 aromatic rings. The van der Waals surface area contributed by atoms with Gasteiger partial charge in [0.1, 0.15) is 12.2 Å². The summed E-state index contributed by atoms with van der Waals surface area (Å²) in [4.78, 5) is 28.9. The van der Waals surface area contributed by atoms with Crippen LogP contribution in [0.3, 0.4) is 0 Å². The van der Waals surface area contributed by atoms with Gasteiger partial charge >= 0.3 is 5.76 Å². The molecule has 4 rings (SSSR count). The number of amides is 1. The molecule has 0 spiro atoms. The third kappa shape index (κ3) is 3.64. The standard InChI is InChI=1S/C21H20N6O3/c1-13-7-9-16(10-8-13)27-15(3)19(14(2)24-27)23-18(28)12-26-20(25-30-21(26)29)17-6-4-5-11-22-17/h4-11H,12H2,1-3H3,(H,23,28). The normalized spacial score (nSPS) is 10.9. The Kier molecular flexibility index (Phi) is 5.01. The number of pyridine rings is 1. The number of hydrogen-bond donors (Lipinski definition) is 1. The quantitative estimate of drug-likeness (QED) is 0.548. The molecule has 0 aliphatic carbocycles. The zero-order valence-electron chi connectivity index (χ0n) is 16.8. The molecule has 1 amide bonds. The first kappa shape index (κ1) is 19.3. The maximum Gasteiger partial charge on any atom is 0.442 e. The van der Waals surface area contributed by atoms with Crippen LogP contribution in [0.2, 0.25) is 0 Å². The fraction of sp³-hybridized carbons (Fsp3) is 0.190. The van der Waals surface area contributed by atoms with Crippen LogP contribution in [0.4, 0.5) is 5.69 Å². The summed E-state index contributed by atoms with van der Waals surface area (Å²) in [7, 11) is 0. The predicted molar refractivity (Wildman–Crippen MR) is 110 cm³/mol. The number of nitrogens with zero attached hydrogens (tertiary/aromatic N) is 5. The van der Waals surface area contributed by atoms with E-state index >= 15 is 0 Å². The number of hydrogen-bond acceptors (Lipinski definition) is 6. The Morgan fingerprint density at radius 1 is 1.10 bits per heavy atom. The van der Waals surface area contributed by atoms with Crippen LogP contribution < -0.4 is 11.1 Å². The number of rotatable bonds is 5. The minimum absolute atomic E-state index is 0.194. The lowest BCUT2D eigenvalue weighted by Crippen LogP contribution is -2.26. The first-order valence-corrected chi connectivity index (χ1v) is 9.35. The van der Waals surface area contributed by atoms with Crippen LogP contribution in [0.5, 0.6) is 0 Å². The summed E-state index contributed by atoms with van der Waals surface area (Å²) in [6.07, 6.45) is 1.57. The fourth-order valence-electron chi connectivity index (χ4n) is 3.17. The van der Waals surface area contributed by atoms with Gasteiger partial charge in [-0.3, -0.25) is 14.3 Å². The zero-order chi connectivity index (χ0) is 21.3. The Bertz CT molecular complexity index is 1250. The largest absolute Gasteiger partial charge is 0.442 e. The van der Waals surface area contributed by atoms with E-state index in [0.29, 0.717) is 17.1 Å². The Balaban J connectivity index is 1.58. The van der Waals surface area contributed by atoms with E-state index in [1.165, 1.54) is 0 Å². The molecule has 0 atom stereocenters. The highest BCUT2D eigenvalue weighted by atomic mass is 16.5. The lowest BCUT2D eigenvalue weighted by Gasteiger charge is -2.08. The third-order valence-corrected chi connectivity index (χ3v) is 4.72. The van der Waals surface area contributed by atoms with Gasteiger partial charge in [-0.2, -0.15) is 5.10 Å². The second kappa shape index (κ2) is 7.78. The highest BCUT2D eigenvalue weighted by molar-refractivity contribution is 5.92. The lowest BCUT2D eigenvalue weighted by atomic mass is 10.2. The second-order valence-corrected chi connectivity index (χ2v) is 6.91. The van der Waals surface area contributed by atoms with Gasteiger partial charge in [0, 0.05) is 6.20 Å². The third-order valence-electron chi connectivity index (χ3n) is 4.72. The van der Waals surface area contributed by atoms with Crippen molar-refractivity contribution in [1.29, 1.82) is 0 Å². The summed E-state index contributed by atoms with van der Waals surface area (Å²) in [6.45, 7) is 5.45. The van der Waals surface area contributed by atoms with Gasteiger partial charge in [0.15, 0.2) is 0 Å².